The summed E-state index contributed by atoms with van der Waals surface area (Å²) >= 11 is 0. The standard InChI is InChI=1S/C17H27NO3/c1-4-17(2,18-8-10-21-11-9-18)16(19)13-14-6-5-7-15(12-14)20-3/h5-7,12,16,19H,4,8-11,13H2,1-3H3. The van der Waals surface area contributed by atoms with Gasteiger partial charge in [0, 0.05) is 25.0 Å². The molecule has 21 heavy (non-hydrogen) atoms. The molecule has 118 valence electrons. The topological polar surface area (TPSA) is 41.9 Å². The molecule has 0 saturated carbocycles. The summed E-state index contributed by atoms with van der Waals surface area (Å²) in [4.78, 5) is 2.36. The van der Waals surface area contributed by atoms with Gasteiger partial charge in [-0.1, -0.05) is 19.1 Å². The van der Waals surface area contributed by atoms with Gasteiger partial charge in [0.1, 0.15) is 5.75 Å². The van der Waals surface area contributed by atoms with E-state index >= 15 is 0 Å². The largest absolute Gasteiger partial charge is 0.497 e. The molecule has 0 spiro atoms. The minimum absolute atomic E-state index is 0.215. The van der Waals surface area contributed by atoms with E-state index in [0.29, 0.717) is 6.42 Å². The first kappa shape index (κ1) is 16.3. The summed E-state index contributed by atoms with van der Waals surface area (Å²) in [6.07, 6.45) is 1.14. The van der Waals surface area contributed by atoms with E-state index in [4.69, 9.17) is 9.47 Å². The minimum Gasteiger partial charge on any atom is -0.497 e. The second-order valence-electron chi connectivity index (χ2n) is 5.88. The first-order valence-corrected chi connectivity index (χ1v) is 7.74. The van der Waals surface area contributed by atoms with E-state index in [9.17, 15) is 5.11 Å². The Kier molecular flexibility index (Phi) is 5.62. The summed E-state index contributed by atoms with van der Waals surface area (Å²) in [6.45, 7) is 7.58. The van der Waals surface area contributed by atoms with Crippen molar-refractivity contribution in [3.8, 4) is 5.75 Å². The smallest absolute Gasteiger partial charge is 0.119 e. The number of aliphatic hydroxyl groups excluding tert-OH is 1. The lowest BCUT2D eigenvalue weighted by Crippen LogP contribution is -2.58. The molecular weight excluding hydrogens is 266 g/mol. The molecule has 0 amide bonds. The monoisotopic (exact) mass is 293 g/mol. The van der Waals surface area contributed by atoms with Crippen molar-refractivity contribution in [1.29, 1.82) is 0 Å². The maximum atomic E-state index is 10.8. The summed E-state index contributed by atoms with van der Waals surface area (Å²) in [7, 11) is 1.67. The quantitative estimate of drug-likeness (QED) is 0.872. The molecule has 0 radical (unpaired) electrons. The van der Waals surface area contributed by atoms with E-state index in [1.54, 1.807) is 7.11 Å². The second-order valence-corrected chi connectivity index (χ2v) is 5.88. The summed E-state index contributed by atoms with van der Waals surface area (Å²) in [5, 5.41) is 10.8. The van der Waals surface area contributed by atoms with Gasteiger partial charge < -0.3 is 14.6 Å². The number of rotatable bonds is 6. The Balaban J connectivity index is 2.09. The van der Waals surface area contributed by atoms with Crippen LogP contribution in [0.25, 0.3) is 0 Å². The van der Waals surface area contributed by atoms with Crippen LogP contribution in [0, 0.1) is 0 Å². The van der Waals surface area contributed by atoms with Crippen molar-refractivity contribution in [1.82, 2.24) is 4.90 Å². The zero-order valence-electron chi connectivity index (χ0n) is 13.3. The molecule has 1 N–H and O–H groups in total. The predicted molar refractivity (Wildman–Crippen MR) is 83.8 cm³/mol. The second kappa shape index (κ2) is 7.25. The Morgan fingerprint density at radius 2 is 2.10 bits per heavy atom. The van der Waals surface area contributed by atoms with Crippen LogP contribution in [-0.4, -0.2) is 55.1 Å². The highest BCUT2D eigenvalue weighted by molar-refractivity contribution is 5.29. The summed E-state index contributed by atoms with van der Waals surface area (Å²) in [5.41, 5.74) is 0.891. The molecule has 1 aliphatic heterocycles. The van der Waals surface area contributed by atoms with Crippen molar-refractivity contribution in [2.45, 2.75) is 38.3 Å². The van der Waals surface area contributed by atoms with Crippen LogP contribution in [0.3, 0.4) is 0 Å². The highest BCUT2D eigenvalue weighted by atomic mass is 16.5. The number of hydrogen-bond donors (Lipinski definition) is 1. The predicted octanol–water partition coefficient (Wildman–Crippen LogP) is 2.10. The van der Waals surface area contributed by atoms with E-state index < -0.39 is 6.10 Å². The first-order valence-electron chi connectivity index (χ1n) is 7.74. The molecule has 0 aromatic heterocycles. The third-order valence-corrected chi connectivity index (χ3v) is 4.73. The Labute approximate surface area is 127 Å². The van der Waals surface area contributed by atoms with Gasteiger partial charge in [0.2, 0.25) is 0 Å². The average molecular weight is 293 g/mol. The van der Waals surface area contributed by atoms with Crippen molar-refractivity contribution in [2.75, 3.05) is 33.4 Å². The molecule has 2 rings (SSSR count). The van der Waals surface area contributed by atoms with E-state index in [2.05, 4.69) is 18.7 Å². The number of methoxy groups -OCH3 is 1. The fourth-order valence-corrected chi connectivity index (χ4v) is 2.99. The maximum Gasteiger partial charge on any atom is 0.119 e. The lowest BCUT2D eigenvalue weighted by molar-refractivity contribution is -0.0714. The molecule has 1 fully saturated rings. The number of benzene rings is 1. The van der Waals surface area contributed by atoms with Gasteiger partial charge in [-0.2, -0.15) is 0 Å². The lowest BCUT2D eigenvalue weighted by atomic mass is 9.85. The van der Waals surface area contributed by atoms with Crippen LogP contribution in [0.5, 0.6) is 5.75 Å². The Hall–Kier alpha value is -1.10. The zero-order valence-corrected chi connectivity index (χ0v) is 13.3. The molecule has 1 saturated heterocycles. The van der Waals surface area contributed by atoms with Gasteiger partial charge in [-0.25, -0.2) is 0 Å². The van der Waals surface area contributed by atoms with Crippen molar-refractivity contribution in [3.05, 3.63) is 29.8 Å². The van der Waals surface area contributed by atoms with E-state index in [1.165, 1.54) is 0 Å². The van der Waals surface area contributed by atoms with Crippen LogP contribution in [0.2, 0.25) is 0 Å². The van der Waals surface area contributed by atoms with E-state index in [-0.39, 0.29) is 5.54 Å². The molecule has 1 aromatic rings. The number of aliphatic hydroxyl groups is 1. The van der Waals surface area contributed by atoms with Gasteiger partial charge in [0.05, 0.1) is 26.4 Å². The van der Waals surface area contributed by atoms with Crippen molar-refractivity contribution in [3.63, 3.8) is 0 Å². The fourth-order valence-electron chi connectivity index (χ4n) is 2.99. The number of ether oxygens (including phenoxy) is 2. The molecule has 4 nitrogen and oxygen atoms in total. The van der Waals surface area contributed by atoms with Gasteiger partial charge in [0.15, 0.2) is 0 Å². The van der Waals surface area contributed by atoms with E-state index in [0.717, 1.165) is 44.0 Å². The summed E-state index contributed by atoms with van der Waals surface area (Å²) < 4.78 is 10.7. The normalized spacial score (nSPS) is 20.8. The Morgan fingerprint density at radius 3 is 2.71 bits per heavy atom. The zero-order chi connectivity index (χ0) is 15.3. The first-order chi connectivity index (χ1) is 10.1. The van der Waals surface area contributed by atoms with Gasteiger partial charge in [0.25, 0.3) is 0 Å². The number of nitrogens with zero attached hydrogens (tertiary/aromatic N) is 1. The summed E-state index contributed by atoms with van der Waals surface area (Å²) in [6, 6.07) is 7.94. The number of morpholine rings is 1. The molecule has 2 unspecified atom stereocenters. The van der Waals surface area contributed by atoms with Crippen LogP contribution in [0.4, 0.5) is 0 Å². The Bertz CT molecular complexity index is 445. The van der Waals surface area contributed by atoms with Crippen LogP contribution in [-0.2, 0) is 11.2 Å². The van der Waals surface area contributed by atoms with Crippen LogP contribution in [0.1, 0.15) is 25.8 Å². The minimum atomic E-state index is -0.410. The van der Waals surface area contributed by atoms with Gasteiger partial charge >= 0.3 is 0 Å². The van der Waals surface area contributed by atoms with Crippen molar-refractivity contribution < 1.29 is 14.6 Å². The van der Waals surface area contributed by atoms with Crippen LogP contribution >= 0.6 is 0 Å². The molecular formula is C17H27NO3. The molecule has 1 aliphatic rings. The molecule has 1 aromatic carbocycles. The van der Waals surface area contributed by atoms with Crippen molar-refractivity contribution >= 4 is 0 Å². The van der Waals surface area contributed by atoms with Gasteiger partial charge in [-0.05, 0) is 31.0 Å². The molecule has 0 aliphatic carbocycles. The Morgan fingerprint density at radius 1 is 1.38 bits per heavy atom. The number of hydrogen-bond acceptors (Lipinski definition) is 4. The highest BCUT2D eigenvalue weighted by Crippen LogP contribution is 2.27. The molecule has 1 heterocycles. The lowest BCUT2D eigenvalue weighted by Gasteiger charge is -2.46. The third-order valence-electron chi connectivity index (χ3n) is 4.73. The maximum absolute atomic E-state index is 10.8. The molecule has 4 heteroatoms. The van der Waals surface area contributed by atoms with Gasteiger partial charge in [-0.15, -0.1) is 0 Å². The fraction of sp³-hybridized carbons (Fsp3) is 0.647. The van der Waals surface area contributed by atoms with Gasteiger partial charge in [-0.3, -0.25) is 4.90 Å². The molecule has 2 atom stereocenters. The molecule has 0 bridgehead atoms. The van der Waals surface area contributed by atoms with Crippen LogP contribution < -0.4 is 4.74 Å². The summed E-state index contributed by atoms with van der Waals surface area (Å²) in [5.74, 6) is 0.837. The average Bonchev–Trinajstić information content (AvgIpc) is 2.55. The third kappa shape index (κ3) is 3.76. The SMILES string of the molecule is CCC(C)(C(O)Cc1cccc(OC)c1)N1CCOCC1. The van der Waals surface area contributed by atoms with Crippen molar-refractivity contribution in [2.24, 2.45) is 0 Å². The van der Waals surface area contributed by atoms with E-state index in [1.807, 2.05) is 24.3 Å². The highest BCUT2D eigenvalue weighted by Gasteiger charge is 2.37. The van der Waals surface area contributed by atoms with Crippen LogP contribution in [0.15, 0.2) is 24.3 Å².